The van der Waals surface area contributed by atoms with Crippen LogP contribution < -0.4 is 10.2 Å². The van der Waals surface area contributed by atoms with Gasteiger partial charge in [-0.25, -0.2) is 0 Å². The number of unbranched alkanes of at least 4 members (excludes halogenated alkanes) is 28. The monoisotopic (exact) mass is 973 g/mol. The van der Waals surface area contributed by atoms with Crippen LogP contribution in [0, 0.1) is 0 Å². The van der Waals surface area contributed by atoms with Crippen molar-refractivity contribution in [2.75, 3.05) is 40.9 Å². The lowest BCUT2D eigenvalue weighted by Gasteiger charge is -2.29. The lowest BCUT2D eigenvalue weighted by molar-refractivity contribution is -0.870. The van der Waals surface area contributed by atoms with Crippen LogP contribution in [0.25, 0.3) is 0 Å². The highest BCUT2D eigenvalue weighted by molar-refractivity contribution is 7.45. The molecule has 9 heteroatoms. The quantitative estimate of drug-likeness (QED) is 0.0272. The van der Waals surface area contributed by atoms with Gasteiger partial charge in [-0.05, 0) is 64.2 Å². The third-order valence-corrected chi connectivity index (χ3v) is 13.4. The maximum Gasteiger partial charge on any atom is 0.268 e. The Hall–Kier alpha value is -2.06. The van der Waals surface area contributed by atoms with Crippen LogP contribution in [0.4, 0.5) is 0 Å². The van der Waals surface area contributed by atoms with E-state index in [4.69, 9.17) is 9.05 Å². The average molecular weight is 974 g/mol. The SMILES string of the molecule is CC/C=C\C/C=C\C/C=C\C/C=C\C/C=C\CCCCCCCCCCCCCCCCCCCCCCCCCC(=O)NC(COP(=O)([O-])OCC[N+](C)(C)C)C(O)/C=C/CCCCCCC. The van der Waals surface area contributed by atoms with Gasteiger partial charge in [0.05, 0.1) is 39.9 Å². The number of rotatable bonds is 51. The summed E-state index contributed by atoms with van der Waals surface area (Å²) in [5.41, 5.74) is 0. The number of carbonyl (C=O) groups is 1. The molecule has 0 aliphatic heterocycles. The van der Waals surface area contributed by atoms with Crippen molar-refractivity contribution in [3.8, 4) is 0 Å². The van der Waals surface area contributed by atoms with Crippen LogP contribution in [0.1, 0.15) is 245 Å². The Labute approximate surface area is 421 Å². The molecule has 0 fully saturated rings. The van der Waals surface area contributed by atoms with Crippen LogP contribution in [0.3, 0.4) is 0 Å². The van der Waals surface area contributed by atoms with E-state index in [0.29, 0.717) is 17.4 Å². The van der Waals surface area contributed by atoms with Gasteiger partial charge in [0.15, 0.2) is 0 Å². The molecule has 3 atom stereocenters. The number of phosphoric ester groups is 1. The standard InChI is InChI=1S/C59H109N2O6P/c1-6-8-10-12-14-15-16-17-18-19-20-21-22-23-24-25-26-27-28-29-30-31-32-33-34-35-36-37-38-39-40-41-42-43-44-45-47-49-51-53-59(63)60-57(58(62)52-50-48-46-13-11-9-7-2)56-67-68(64,65)66-55-54-61(3,4)5/h8,10,14-15,17-18,20-21,23-24,50,52,57-58,62H,6-7,9,11-13,16,19,22,25-49,51,53-56H2,1-5H3,(H-,60,63,64,65)/b10-8-,15-14-,18-17-,21-20-,24-23-,52-50+. The molecule has 8 nitrogen and oxygen atoms in total. The van der Waals surface area contributed by atoms with Gasteiger partial charge in [-0.15, -0.1) is 0 Å². The molecule has 0 saturated carbocycles. The summed E-state index contributed by atoms with van der Waals surface area (Å²) in [5, 5.41) is 13.7. The smallest absolute Gasteiger partial charge is 0.268 e. The molecule has 0 bridgehead atoms. The van der Waals surface area contributed by atoms with Gasteiger partial charge in [0.25, 0.3) is 7.82 Å². The van der Waals surface area contributed by atoms with Crippen molar-refractivity contribution in [2.24, 2.45) is 0 Å². The highest BCUT2D eigenvalue weighted by Gasteiger charge is 2.23. The van der Waals surface area contributed by atoms with Crippen LogP contribution in [0.15, 0.2) is 72.9 Å². The Morgan fingerprint density at radius 2 is 0.897 bits per heavy atom. The predicted molar refractivity (Wildman–Crippen MR) is 293 cm³/mol. The number of phosphoric acid groups is 1. The first kappa shape index (κ1) is 65.9. The molecule has 1 amide bonds. The largest absolute Gasteiger partial charge is 0.756 e. The Morgan fingerprint density at radius 3 is 1.31 bits per heavy atom. The number of hydrogen-bond donors (Lipinski definition) is 2. The van der Waals surface area contributed by atoms with Crippen molar-refractivity contribution in [1.29, 1.82) is 0 Å². The van der Waals surface area contributed by atoms with Crippen molar-refractivity contribution >= 4 is 13.7 Å². The van der Waals surface area contributed by atoms with Gasteiger partial charge in [0.2, 0.25) is 5.91 Å². The molecule has 2 N–H and O–H groups in total. The maximum atomic E-state index is 12.8. The Balaban J connectivity index is 3.78. The van der Waals surface area contributed by atoms with Gasteiger partial charge in [0.1, 0.15) is 13.2 Å². The van der Waals surface area contributed by atoms with E-state index in [1.54, 1.807) is 6.08 Å². The summed E-state index contributed by atoms with van der Waals surface area (Å²) in [6, 6.07) is -0.883. The molecule has 0 saturated heterocycles. The number of carbonyl (C=O) groups excluding carboxylic acids is 1. The third-order valence-electron chi connectivity index (χ3n) is 12.4. The van der Waals surface area contributed by atoms with E-state index in [-0.39, 0.29) is 19.1 Å². The molecule has 0 aromatic heterocycles. The zero-order valence-electron chi connectivity index (χ0n) is 45.0. The normalized spacial score (nSPS) is 14.5. The first-order chi connectivity index (χ1) is 33.0. The molecule has 0 heterocycles. The molecular weight excluding hydrogens is 864 g/mol. The Kier molecular flexibility index (Phi) is 48.4. The molecule has 0 aromatic rings. The minimum Gasteiger partial charge on any atom is -0.756 e. The molecule has 396 valence electrons. The minimum atomic E-state index is -4.58. The van der Waals surface area contributed by atoms with Crippen molar-refractivity contribution in [3.63, 3.8) is 0 Å². The van der Waals surface area contributed by atoms with Crippen LogP contribution in [-0.4, -0.2) is 68.5 Å². The number of nitrogens with zero attached hydrogens (tertiary/aromatic N) is 1. The molecule has 0 aliphatic carbocycles. The molecular formula is C59H109N2O6P. The highest BCUT2D eigenvalue weighted by atomic mass is 31.2. The fourth-order valence-electron chi connectivity index (χ4n) is 8.00. The molecule has 68 heavy (non-hydrogen) atoms. The van der Waals surface area contributed by atoms with E-state index in [1.807, 2.05) is 27.2 Å². The number of likely N-dealkylation sites (N-methyl/N-ethyl adjacent to an activating group) is 1. The first-order valence-electron chi connectivity index (χ1n) is 28.3. The van der Waals surface area contributed by atoms with Gasteiger partial charge in [-0.3, -0.25) is 9.36 Å². The third kappa shape index (κ3) is 51.8. The number of quaternary nitrogens is 1. The van der Waals surface area contributed by atoms with Crippen LogP contribution in [-0.2, 0) is 18.4 Å². The first-order valence-corrected chi connectivity index (χ1v) is 29.8. The zero-order chi connectivity index (χ0) is 49.9. The van der Waals surface area contributed by atoms with Gasteiger partial charge in [0, 0.05) is 6.42 Å². The summed E-state index contributed by atoms with van der Waals surface area (Å²) in [7, 11) is 1.26. The Morgan fingerprint density at radius 1 is 0.529 bits per heavy atom. The second kappa shape index (κ2) is 49.9. The second-order valence-electron chi connectivity index (χ2n) is 20.3. The van der Waals surface area contributed by atoms with E-state index >= 15 is 0 Å². The molecule has 3 unspecified atom stereocenters. The second-order valence-corrected chi connectivity index (χ2v) is 21.7. The molecule has 0 aliphatic rings. The highest BCUT2D eigenvalue weighted by Crippen LogP contribution is 2.38. The van der Waals surface area contributed by atoms with Gasteiger partial charge < -0.3 is 28.8 Å². The summed E-state index contributed by atoms with van der Waals surface area (Å²) in [6.07, 6.45) is 68.9. The van der Waals surface area contributed by atoms with Crippen LogP contribution in [0.5, 0.6) is 0 Å². The maximum absolute atomic E-state index is 12.8. The van der Waals surface area contributed by atoms with E-state index < -0.39 is 20.0 Å². The van der Waals surface area contributed by atoms with Crippen LogP contribution in [0.2, 0.25) is 0 Å². The number of aliphatic hydroxyl groups is 1. The Bertz CT molecular complexity index is 1330. The van der Waals surface area contributed by atoms with Crippen molar-refractivity contribution in [1.82, 2.24) is 5.32 Å². The number of allylic oxidation sites excluding steroid dienone is 11. The summed E-state index contributed by atoms with van der Waals surface area (Å²) < 4.78 is 23.1. The molecule has 0 aromatic carbocycles. The van der Waals surface area contributed by atoms with E-state index in [9.17, 15) is 19.4 Å². The number of hydrogen-bond acceptors (Lipinski definition) is 6. The average Bonchev–Trinajstić information content (AvgIpc) is 3.30. The summed E-state index contributed by atoms with van der Waals surface area (Å²) >= 11 is 0. The van der Waals surface area contributed by atoms with Gasteiger partial charge in [-0.2, -0.15) is 0 Å². The lowest BCUT2D eigenvalue weighted by atomic mass is 10.0. The number of nitrogens with one attached hydrogen (secondary N) is 1. The minimum absolute atomic E-state index is 0.00158. The number of amides is 1. The molecule has 0 rings (SSSR count). The van der Waals surface area contributed by atoms with E-state index in [2.05, 4.69) is 79.9 Å². The molecule has 0 spiro atoms. The summed E-state index contributed by atoms with van der Waals surface area (Å²) in [5.74, 6) is -0.200. The summed E-state index contributed by atoms with van der Waals surface area (Å²) in [4.78, 5) is 25.3. The number of aliphatic hydroxyl groups excluding tert-OH is 1. The fourth-order valence-corrected chi connectivity index (χ4v) is 8.73. The fraction of sp³-hybridized carbons (Fsp3) is 0.780. The van der Waals surface area contributed by atoms with E-state index in [0.717, 1.165) is 70.6 Å². The molecule has 0 radical (unpaired) electrons. The van der Waals surface area contributed by atoms with Gasteiger partial charge in [-0.1, -0.05) is 247 Å². The van der Waals surface area contributed by atoms with Crippen molar-refractivity contribution in [3.05, 3.63) is 72.9 Å². The van der Waals surface area contributed by atoms with Crippen LogP contribution >= 0.6 is 7.82 Å². The van der Waals surface area contributed by atoms with Crippen molar-refractivity contribution < 1.29 is 32.9 Å². The summed E-state index contributed by atoms with van der Waals surface area (Å²) in [6.45, 7) is 4.47. The predicted octanol–water partition coefficient (Wildman–Crippen LogP) is 16.5. The van der Waals surface area contributed by atoms with Gasteiger partial charge >= 0.3 is 0 Å². The topological polar surface area (TPSA) is 108 Å². The van der Waals surface area contributed by atoms with E-state index in [1.165, 1.54) is 154 Å². The van der Waals surface area contributed by atoms with Crippen molar-refractivity contribution in [2.45, 2.75) is 257 Å². The zero-order valence-corrected chi connectivity index (χ0v) is 45.9. The lowest BCUT2D eigenvalue weighted by Crippen LogP contribution is -2.45.